The summed E-state index contributed by atoms with van der Waals surface area (Å²) in [5, 5.41) is 2.34. The molecule has 0 amide bonds. The molecule has 0 atom stereocenters. The third-order valence-electron chi connectivity index (χ3n) is 10.1. The van der Waals surface area contributed by atoms with Crippen LogP contribution in [-0.2, 0) is 13.0 Å². The van der Waals surface area contributed by atoms with Gasteiger partial charge in [-0.3, -0.25) is 4.90 Å². The molecule has 0 saturated carbocycles. The summed E-state index contributed by atoms with van der Waals surface area (Å²) in [6.07, 6.45) is 2.83. The van der Waals surface area contributed by atoms with Crippen molar-refractivity contribution in [1.82, 2.24) is 14.9 Å². The largest absolute Gasteiger partial charge is 0.493 e. The molecule has 7 heteroatoms. The van der Waals surface area contributed by atoms with E-state index in [4.69, 9.17) is 19.2 Å². The number of benzene rings is 5. The number of H-pyrrole nitrogens is 1. The van der Waals surface area contributed by atoms with Gasteiger partial charge in [-0.1, -0.05) is 72.8 Å². The second kappa shape index (κ2) is 14.2. The van der Waals surface area contributed by atoms with Crippen LogP contribution in [0, 0.1) is 0 Å². The van der Waals surface area contributed by atoms with Gasteiger partial charge in [0.05, 0.1) is 21.3 Å². The van der Waals surface area contributed by atoms with Gasteiger partial charge in [0.1, 0.15) is 5.65 Å². The average Bonchev–Trinajstić information content (AvgIpc) is 3.57. The van der Waals surface area contributed by atoms with Crippen LogP contribution in [0.1, 0.15) is 16.7 Å². The van der Waals surface area contributed by atoms with Crippen molar-refractivity contribution in [1.29, 1.82) is 0 Å². The minimum Gasteiger partial charge on any atom is -0.493 e. The lowest BCUT2D eigenvalue weighted by molar-refractivity contribution is 0.248. The number of hydrogen-bond acceptors (Lipinski definition) is 6. The number of aromatic amines is 1. The van der Waals surface area contributed by atoms with Crippen LogP contribution in [0.2, 0.25) is 0 Å². The normalized spacial score (nSPS) is 13.5. The third-order valence-corrected chi connectivity index (χ3v) is 10.1. The summed E-state index contributed by atoms with van der Waals surface area (Å²) in [5.74, 6) is 2.01. The number of fused-ring (bicyclic) bond motifs is 3. The predicted molar refractivity (Wildman–Crippen MR) is 207 cm³/mol. The van der Waals surface area contributed by atoms with E-state index < -0.39 is 0 Å². The molecule has 0 bridgehead atoms. The zero-order valence-electron chi connectivity index (χ0n) is 29.4. The maximum absolute atomic E-state index is 5.57. The smallest absolute Gasteiger partial charge is 0.203 e. The molecule has 1 aliphatic rings. The van der Waals surface area contributed by atoms with Crippen LogP contribution in [0.4, 0.5) is 5.69 Å². The first-order valence-electron chi connectivity index (χ1n) is 17.5. The van der Waals surface area contributed by atoms with Crippen molar-refractivity contribution in [3.05, 3.63) is 138 Å². The van der Waals surface area contributed by atoms with Gasteiger partial charge in [0, 0.05) is 60.9 Å². The number of pyridine rings is 1. The van der Waals surface area contributed by atoms with Crippen molar-refractivity contribution in [2.45, 2.75) is 13.0 Å². The molecule has 51 heavy (non-hydrogen) atoms. The van der Waals surface area contributed by atoms with E-state index in [2.05, 4.69) is 118 Å². The quantitative estimate of drug-likeness (QED) is 0.156. The molecule has 7 aromatic rings. The molecule has 1 fully saturated rings. The molecule has 0 radical (unpaired) electrons. The lowest BCUT2D eigenvalue weighted by Crippen LogP contribution is -2.45. The Kier molecular flexibility index (Phi) is 9.03. The highest BCUT2D eigenvalue weighted by Gasteiger charge is 2.20. The van der Waals surface area contributed by atoms with Crippen LogP contribution in [0.15, 0.2) is 121 Å². The van der Waals surface area contributed by atoms with E-state index in [-0.39, 0.29) is 0 Å². The summed E-state index contributed by atoms with van der Waals surface area (Å²) in [4.78, 5) is 13.2. The summed E-state index contributed by atoms with van der Waals surface area (Å²) >= 11 is 0. The Hall–Kier alpha value is -5.79. The zero-order valence-corrected chi connectivity index (χ0v) is 29.4. The Morgan fingerprint density at radius 3 is 1.98 bits per heavy atom. The number of rotatable bonds is 10. The summed E-state index contributed by atoms with van der Waals surface area (Å²) in [6, 6.07) is 41.5. The minimum absolute atomic E-state index is 0.626. The first-order valence-corrected chi connectivity index (χ1v) is 17.5. The molecule has 256 valence electrons. The molecule has 7 nitrogen and oxygen atoms in total. The molecule has 1 N–H and O–H groups in total. The van der Waals surface area contributed by atoms with Crippen molar-refractivity contribution in [3.8, 4) is 39.5 Å². The van der Waals surface area contributed by atoms with E-state index in [0.29, 0.717) is 17.2 Å². The van der Waals surface area contributed by atoms with Crippen molar-refractivity contribution in [2.24, 2.45) is 0 Å². The van der Waals surface area contributed by atoms with Crippen LogP contribution >= 0.6 is 0 Å². The van der Waals surface area contributed by atoms with E-state index in [1.807, 2.05) is 18.3 Å². The SMILES string of the molecule is COc1cc(CN2CCN(c3ccc(-c4ccc5[nH]c6nccc(-c7ccc(Cc8ccccc8)cc7)c6c5c4)cc3)CC2)cc(OC)c1OC. The number of aromatic nitrogens is 2. The molecule has 0 unspecified atom stereocenters. The van der Waals surface area contributed by atoms with Gasteiger partial charge in [-0.2, -0.15) is 0 Å². The molecular formula is C44H42N4O3. The minimum atomic E-state index is 0.626. The first kappa shape index (κ1) is 32.4. The second-order valence-electron chi connectivity index (χ2n) is 13.2. The molecule has 1 saturated heterocycles. The van der Waals surface area contributed by atoms with Gasteiger partial charge in [-0.05, 0) is 87.8 Å². The van der Waals surface area contributed by atoms with Crippen molar-refractivity contribution in [2.75, 3.05) is 52.4 Å². The van der Waals surface area contributed by atoms with Crippen molar-refractivity contribution in [3.63, 3.8) is 0 Å². The molecule has 3 heterocycles. The van der Waals surface area contributed by atoms with Crippen LogP contribution in [0.5, 0.6) is 17.2 Å². The number of piperazine rings is 1. The molecule has 5 aromatic carbocycles. The predicted octanol–water partition coefficient (Wildman–Crippen LogP) is 8.99. The monoisotopic (exact) mass is 674 g/mol. The zero-order chi connectivity index (χ0) is 34.7. The number of nitrogens with one attached hydrogen (secondary N) is 1. The van der Waals surface area contributed by atoms with E-state index >= 15 is 0 Å². The fourth-order valence-corrected chi connectivity index (χ4v) is 7.38. The van der Waals surface area contributed by atoms with Crippen LogP contribution in [0.25, 0.3) is 44.2 Å². The number of nitrogens with zero attached hydrogens (tertiary/aromatic N) is 3. The standard InChI is InChI=1S/C44H42N4O3/c1-49-40-26-32(27-41(50-2)43(40)51-3)29-47-21-23-48(24-22-47)36-16-13-33(14-17-36)35-15-18-39-38(28-35)42-37(19-20-45-44(42)46-39)34-11-9-31(10-12-34)25-30-7-5-4-6-8-30/h4-20,26-28H,21-25,29H2,1-3H3,(H,45,46). The maximum Gasteiger partial charge on any atom is 0.203 e. The van der Waals surface area contributed by atoms with E-state index in [9.17, 15) is 0 Å². The summed E-state index contributed by atoms with van der Waals surface area (Å²) in [6.45, 7) is 4.71. The molecule has 0 spiro atoms. The van der Waals surface area contributed by atoms with Gasteiger partial charge < -0.3 is 24.1 Å². The van der Waals surface area contributed by atoms with Gasteiger partial charge in [-0.15, -0.1) is 0 Å². The Labute approximate surface area is 299 Å². The highest BCUT2D eigenvalue weighted by atomic mass is 16.5. The van der Waals surface area contributed by atoms with Gasteiger partial charge in [0.15, 0.2) is 11.5 Å². The number of ether oxygens (including phenoxy) is 3. The maximum atomic E-state index is 5.57. The topological polar surface area (TPSA) is 62.9 Å². The Balaban J connectivity index is 0.977. The molecule has 1 aliphatic heterocycles. The van der Waals surface area contributed by atoms with Crippen molar-refractivity contribution >= 4 is 27.6 Å². The molecule has 8 rings (SSSR count). The second-order valence-corrected chi connectivity index (χ2v) is 13.2. The van der Waals surface area contributed by atoms with E-state index in [1.165, 1.54) is 44.5 Å². The van der Waals surface area contributed by atoms with E-state index in [1.54, 1.807) is 21.3 Å². The molecule has 0 aliphatic carbocycles. The number of hydrogen-bond donors (Lipinski definition) is 1. The van der Waals surface area contributed by atoms with Crippen molar-refractivity contribution < 1.29 is 14.2 Å². The van der Waals surface area contributed by atoms with E-state index in [0.717, 1.165) is 61.3 Å². The van der Waals surface area contributed by atoms with Gasteiger partial charge >= 0.3 is 0 Å². The molecule has 2 aromatic heterocycles. The highest BCUT2D eigenvalue weighted by molar-refractivity contribution is 6.13. The van der Waals surface area contributed by atoms with Gasteiger partial charge in [0.25, 0.3) is 0 Å². The third kappa shape index (κ3) is 6.60. The van der Waals surface area contributed by atoms with Crippen LogP contribution in [0.3, 0.4) is 0 Å². The number of anilines is 1. The highest BCUT2D eigenvalue weighted by Crippen LogP contribution is 2.39. The lowest BCUT2D eigenvalue weighted by atomic mass is 9.97. The van der Waals surface area contributed by atoms with Crippen LogP contribution < -0.4 is 19.1 Å². The molecular weight excluding hydrogens is 633 g/mol. The van der Waals surface area contributed by atoms with Gasteiger partial charge in [-0.25, -0.2) is 4.98 Å². The average molecular weight is 675 g/mol. The lowest BCUT2D eigenvalue weighted by Gasteiger charge is -2.36. The number of methoxy groups -OCH3 is 3. The Bertz CT molecular complexity index is 2250. The fraction of sp³-hybridized carbons (Fsp3) is 0.205. The van der Waals surface area contributed by atoms with Crippen LogP contribution in [-0.4, -0.2) is 62.4 Å². The summed E-state index contributed by atoms with van der Waals surface area (Å²) in [7, 11) is 4.95. The fourth-order valence-electron chi connectivity index (χ4n) is 7.38. The Morgan fingerprint density at radius 1 is 0.627 bits per heavy atom. The van der Waals surface area contributed by atoms with Gasteiger partial charge in [0.2, 0.25) is 5.75 Å². The summed E-state index contributed by atoms with van der Waals surface area (Å²) in [5.41, 5.74) is 11.8. The Morgan fingerprint density at radius 2 is 1.29 bits per heavy atom. The first-order chi connectivity index (χ1) is 25.1. The summed E-state index contributed by atoms with van der Waals surface area (Å²) < 4.78 is 16.6.